The Balaban J connectivity index is 0.000000925. The highest BCUT2D eigenvalue weighted by Crippen LogP contribution is 2.35. The monoisotopic (exact) mass is 322 g/mol. The van der Waals surface area contributed by atoms with Gasteiger partial charge in [0.05, 0.1) is 0 Å². The van der Waals surface area contributed by atoms with Crippen molar-refractivity contribution in [3.8, 4) is 0 Å². The van der Waals surface area contributed by atoms with Gasteiger partial charge in [-0.15, -0.1) is 0 Å². The van der Waals surface area contributed by atoms with E-state index >= 15 is 0 Å². The number of aryl methyl sites for hydroxylation is 1. The minimum absolute atomic E-state index is 0. The van der Waals surface area contributed by atoms with Crippen LogP contribution in [0.1, 0.15) is 38.3 Å². The molecule has 0 fully saturated rings. The van der Waals surface area contributed by atoms with Gasteiger partial charge in [-0.1, -0.05) is 75.4 Å². The van der Waals surface area contributed by atoms with Gasteiger partial charge in [0.1, 0.15) is 0 Å². The zero-order valence-corrected chi connectivity index (χ0v) is 15.4. The molecule has 2 nitrogen and oxygen atoms in total. The number of hydrogen-bond acceptors (Lipinski definition) is 2. The van der Waals surface area contributed by atoms with Gasteiger partial charge in [-0.25, -0.2) is 0 Å². The fraction of sp³-hybridized carbons (Fsp3) is 0.273. The second-order valence-electron chi connectivity index (χ2n) is 5.90. The van der Waals surface area contributed by atoms with Crippen LogP contribution in [-0.4, -0.2) is 0 Å². The largest absolute Gasteiger partial charge is 0.362 e. The molecule has 128 valence electrons. The molecular weight excluding hydrogens is 292 g/mol. The van der Waals surface area contributed by atoms with Crippen LogP contribution in [0.4, 0.5) is 0 Å². The predicted molar refractivity (Wildman–Crippen MR) is 107 cm³/mol. The second-order valence-corrected chi connectivity index (χ2v) is 5.90. The topological polar surface area (TPSA) is 47.0 Å². The van der Waals surface area contributed by atoms with Crippen molar-refractivity contribution in [3.63, 3.8) is 0 Å². The molecule has 0 aromatic heterocycles. The fourth-order valence-corrected chi connectivity index (χ4v) is 2.86. The number of hydrogen-bond donors (Lipinski definition) is 2. The first-order valence-electron chi connectivity index (χ1n) is 8.46. The van der Waals surface area contributed by atoms with Crippen molar-refractivity contribution < 1.29 is 0 Å². The third-order valence-corrected chi connectivity index (χ3v) is 4.00. The Morgan fingerprint density at radius 1 is 1.12 bits per heavy atom. The van der Waals surface area contributed by atoms with Crippen LogP contribution in [0.3, 0.4) is 0 Å². The van der Waals surface area contributed by atoms with E-state index in [0.717, 1.165) is 12.1 Å². The van der Waals surface area contributed by atoms with Crippen molar-refractivity contribution >= 4 is 5.57 Å². The summed E-state index contributed by atoms with van der Waals surface area (Å²) >= 11 is 0. The first-order chi connectivity index (χ1) is 11.1. The van der Waals surface area contributed by atoms with E-state index < -0.39 is 0 Å². The SMILES string of the molecule is C=C1C=CC(C2=C(c3cccc(C)c3)CC(C)C=C2)=CN1.CC.N. The molecule has 1 aliphatic heterocycles. The molecule has 1 aliphatic carbocycles. The van der Waals surface area contributed by atoms with Gasteiger partial charge in [0.15, 0.2) is 0 Å². The summed E-state index contributed by atoms with van der Waals surface area (Å²) in [4.78, 5) is 0. The lowest BCUT2D eigenvalue weighted by atomic mass is 9.83. The Kier molecular flexibility index (Phi) is 7.47. The van der Waals surface area contributed by atoms with Gasteiger partial charge in [0.2, 0.25) is 0 Å². The van der Waals surface area contributed by atoms with E-state index in [1.54, 1.807) is 0 Å². The Morgan fingerprint density at radius 3 is 2.50 bits per heavy atom. The van der Waals surface area contributed by atoms with Crippen molar-refractivity contribution in [2.45, 2.75) is 34.1 Å². The van der Waals surface area contributed by atoms with E-state index in [1.165, 1.54) is 27.8 Å². The third-order valence-electron chi connectivity index (χ3n) is 4.00. The van der Waals surface area contributed by atoms with E-state index in [4.69, 9.17) is 0 Å². The number of rotatable bonds is 2. The van der Waals surface area contributed by atoms with Gasteiger partial charge in [0.25, 0.3) is 0 Å². The Morgan fingerprint density at radius 2 is 1.88 bits per heavy atom. The molecule has 1 aromatic carbocycles. The first kappa shape index (κ1) is 19.7. The van der Waals surface area contributed by atoms with E-state index in [-0.39, 0.29) is 6.15 Å². The molecule has 0 spiro atoms. The zero-order valence-electron chi connectivity index (χ0n) is 15.4. The minimum Gasteiger partial charge on any atom is -0.362 e. The van der Waals surface area contributed by atoms with Crippen LogP contribution in [0.5, 0.6) is 0 Å². The van der Waals surface area contributed by atoms with Gasteiger partial charge in [0, 0.05) is 11.9 Å². The smallest absolute Gasteiger partial charge is 0.0307 e. The number of allylic oxidation sites excluding steroid dienone is 7. The molecule has 0 bridgehead atoms. The van der Waals surface area contributed by atoms with Crippen molar-refractivity contribution in [1.29, 1.82) is 0 Å². The quantitative estimate of drug-likeness (QED) is 0.692. The van der Waals surface area contributed by atoms with Gasteiger partial charge >= 0.3 is 0 Å². The summed E-state index contributed by atoms with van der Waals surface area (Å²) in [6.45, 7) is 12.3. The molecule has 1 heterocycles. The molecule has 4 N–H and O–H groups in total. The summed E-state index contributed by atoms with van der Waals surface area (Å²) in [5, 5.41) is 3.21. The fourth-order valence-electron chi connectivity index (χ4n) is 2.86. The van der Waals surface area contributed by atoms with Crippen LogP contribution in [0.2, 0.25) is 0 Å². The van der Waals surface area contributed by atoms with E-state index in [0.29, 0.717) is 5.92 Å². The van der Waals surface area contributed by atoms with E-state index in [1.807, 2.05) is 26.1 Å². The molecule has 24 heavy (non-hydrogen) atoms. The summed E-state index contributed by atoms with van der Waals surface area (Å²) in [5.41, 5.74) is 7.54. The lowest BCUT2D eigenvalue weighted by Crippen LogP contribution is -2.10. The van der Waals surface area contributed by atoms with Crippen molar-refractivity contribution in [1.82, 2.24) is 11.5 Å². The second kappa shape index (κ2) is 9.09. The van der Waals surface area contributed by atoms with Gasteiger partial charge in [-0.3, -0.25) is 0 Å². The standard InChI is InChI=1S/C20H21N.C2H6.H3N/c1-14-5-4-6-17(11-14)20-12-15(2)7-10-19(20)18-9-8-16(3)21-13-18;1-2;/h4-11,13,15,21H,3,12H2,1-2H3;1-2H3;1H3. The molecule has 3 rings (SSSR count). The van der Waals surface area contributed by atoms with Gasteiger partial charge < -0.3 is 11.5 Å². The number of benzene rings is 1. The molecule has 2 heteroatoms. The predicted octanol–water partition coefficient (Wildman–Crippen LogP) is 6.09. The maximum Gasteiger partial charge on any atom is 0.0307 e. The average Bonchev–Trinajstić information content (AvgIpc) is 2.58. The molecule has 0 amide bonds. The highest BCUT2D eigenvalue weighted by atomic mass is 14.8. The zero-order chi connectivity index (χ0) is 16.8. The van der Waals surface area contributed by atoms with E-state index in [9.17, 15) is 0 Å². The summed E-state index contributed by atoms with van der Waals surface area (Å²) < 4.78 is 0. The number of nitrogens with one attached hydrogen (secondary N) is 1. The van der Waals surface area contributed by atoms with E-state index in [2.05, 4.69) is 68.2 Å². The van der Waals surface area contributed by atoms with Crippen molar-refractivity contribution in [2.75, 3.05) is 0 Å². The molecular formula is C22H30N2. The Labute approximate surface area is 147 Å². The molecule has 1 unspecified atom stereocenters. The summed E-state index contributed by atoms with van der Waals surface area (Å²) in [6, 6.07) is 8.79. The van der Waals surface area contributed by atoms with Gasteiger partial charge in [-0.2, -0.15) is 0 Å². The number of dihydropyridines is 1. The van der Waals surface area contributed by atoms with Crippen LogP contribution >= 0.6 is 0 Å². The Hall–Kier alpha value is -2.32. The minimum atomic E-state index is 0. The lowest BCUT2D eigenvalue weighted by molar-refractivity contribution is 0.745. The van der Waals surface area contributed by atoms with Crippen molar-refractivity contribution in [2.24, 2.45) is 5.92 Å². The highest BCUT2D eigenvalue weighted by Gasteiger charge is 2.17. The molecule has 1 atom stereocenters. The average molecular weight is 322 g/mol. The third kappa shape index (κ3) is 4.59. The maximum atomic E-state index is 3.92. The van der Waals surface area contributed by atoms with Crippen molar-refractivity contribution in [3.05, 3.63) is 89.3 Å². The molecule has 0 radical (unpaired) electrons. The Bertz CT molecular complexity index is 702. The first-order valence-corrected chi connectivity index (χ1v) is 8.46. The van der Waals surface area contributed by atoms with Crippen LogP contribution in [0.15, 0.2) is 78.2 Å². The maximum absolute atomic E-state index is 3.92. The highest BCUT2D eigenvalue weighted by molar-refractivity contribution is 5.78. The van der Waals surface area contributed by atoms with Gasteiger partial charge in [-0.05, 0) is 47.6 Å². The van der Waals surface area contributed by atoms with Crippen LogP contribution < -0.4 is 11.5 Å². The van der Waals surface area contributed by atoms with Crippen LogP contribution in [-0.2, 0) is 0 Å². The molecule has 2 aliphatic rings. The summed E-state index contributed by atoms with van der Waals surface area (Å²) in [6.07, 6.45) is 11.9. The molecule has 0 saturated carbocycles. The molecule has 1 aromatic rings. The van der Waals surface area contributed by atoms with Crippen LogP contribution in [0.25, 0.3) is 5.57 Å². The lowest BCUT2D eigenvalue weighted by Gasteiger charge is -2.23. The summed E-state index contributed by atoms with van der Waals surface area (Å²) in [5.74, 6) is 0.584. The summed E-state index contributed by atoms with van der Waals surface area (Å²) in [7, 11) is 0. The van der Waals surface area contributed by atoms with Crippen LogP contribution in [0, 0.1) is 12.8 Å². The normalized spacial score (nSPS) is 18.9. The molecule has 0 saturated heterocycles.